The smallest absolute Gasteiger partial charge is 0.243 e. The van der Waals surface area contributed by atoms with Crippen molar-refractivity contribution >= 4 is 47.5 Å². The van der Waals surface area contributed by atoms with Gasteiger partial charge < -0.3 is 0 Å². The molecule has 8 heteroatoms. The average Bonchev–Trinajstić information content (AvgIpc) is 3.12. The Balaban J connectivity index is 1.46. The van der Waals surface area contributed by atoms with E-state index in [0.717, 1.165) is 15.0 Å². The quantitative estimate of drug-likeness (QED) is 0.581. The minimum atomic E-state index is -3.46. The second-order valence-electron chi connectivity index (χ2n) is 6.59. The van der Waals surface area contributed by atoms with Crippen LogP contribution in [0.5, 0.6) is 0 Å². The maximum atomic E-state index is 12.9. The molecular formula is C19H20BrN3O2S2. The maximum absolute atomic E-state index is 12.9. The molecule has 5 nitrogen and oxygen atoms in total. The van der Waals surface area contributed by atoms with Crippen LogP contribution in [0, 0.1) is 0 Å². The van der Waals surface area contributed by atoms with Crippen LogP contribution in [0.15, 0.2) is 57.9 Å². The number of para-hydroxylation sites is 1. The number of halogens is 1. The highest BCUT2D eigenvalue weighted by Crippen LogP contribution is 2.30. The topological polar surface area (TPSA) is 53.5 Å². The summed E-state index contributed by atoms with van der Waals surface area (Å²) in [6.07, 6.45) is 0. The van der Waals surface area contributed by atoms with Gasteiger partial charge in [-0.25, -0.2) is 13.4 Å². The lowest BCUT2D eigenvalue weighted by molar-refractivity contribution is 0.146. The lowest BCUT2D eigenvalue weighted by atomic mass is 10.2. The Kier molecular flexibility index (Phi) is 5.35. The number of aromatic nitrogens is 1. The predicted molar refractivity (Wildman–Crippen MR) is 113 cm³/mol. The van der Waals surface area contributed by atoms with Crippen LogP contribution in [-0.4, -0.2) is 48.8 Å². The summed E-state index contributed by atoms with van der Waals surface area (Å²) in [6.45, 7) is 4.53. The Labute approximate surface area is 171 Å². The number of hydrogen-bond acceptors (Lipinski definition) is 5. The fourth-order valence-corrected chi connectivity index (χ4v) is 6.41. The molecule has 142 valence electrons. The third-order valence-electron chi connectivity index (χ3n) is 4.92. The third-order valence-corrected chi connectivity index (χ3v) is 8.52. The van der Waals surface area contributed by atoms with E-state index >= 15 is 0 Å². The highest BCUT2D eigenvalue weighted by atomic mass is 79.9. The molecule has 1 aliphatic rings. The molecule has 1 fully saturated rings. The van der Waals surface area contributed by atoms with E-state index in [1.165, 1.54) is 4.70 Å². The van der Waals surface area contributed by atoms with Crippen LogP contribution in [-0.2, 0) is 10.0 Å². The van der Waals surface area contributed by atoms with Crippen molar-refractivity contribution in [3.8, 4) is 0 Å². The van der Waals surface area contributed by atoms with E-state index in [1.54, 1.807) is 33.8 Å². The zero-order valence-corrected chi connectivity index (χ0v) is 18.1. The highest BCUT2D eigenvalue weighted by molar-refractivity contribution is 9.10. The third kappa shape index (κ3) is 3.82. The van der Waals surface area contributed by atoms with E-state index < -0.39 is 10.0 Å². The standard InChI is InChI=1S/C19H20BrN3O2S2/c1-14(19-21-17-7-2-3-8-18(17)26-19)22-9-11-23(12-10-22)27(24,25)16-6-4-5-15(20)13-16/h2-8,13-14H,9-12H2,1H3. The first-order chi connectivity index (χ1) is 12.9. The van der Waals surface area contributed by atoms with Crippen molar-refractivity contribution in [3.05, 3.63) is 58.0 Å². The van der Waals surface area contributed by atoms with Crippen molar-refractivity contribution in [1.82, 2.24) is 14.2 Å². The van der Waals surface area contributed by atoms with E-state index in [4.69, 9.17) is 4.98 Å². The van der Waals surface area contributed by atoms with Gasteiger partial charge in [0.15, 0.2) is 0 Å². The molecule has 0 bridgehead atoms. The van der Waals surface area contributed by atoms with Crippen LogP contribution < -0.4 is 0 Å². The molecule has 1 saturated heterocycles. The molecule has 1 aromatic heterocycles. The fraction of sp³-hybridized carbons (Fsp3) is 0.316. The molecule has 0 saturated carbocycles. The SMILES string of the molecule is CC(c1nc2ccccc2s1)N1CCN(S(=O)(=O)c2cccc(Br)c2)CC1. The summed E-state index contributed by atoms with van der Waals surface area (Å²) in [5, 5.41) is 1.08. The largest absolute Gasteiger partial charge is 0.292 e. The van der Waals surface area contributed by atoms with Crippen molar-refractivity contribution in [2.45, 2.75) is 17.9 Å². The summed E-state index contributed by atoms with van der Waals surface area (Å²) in [5.41, 5.74) is 1.03. The van der Waals surface area contributed by atoms with Gasteiger partial charge in [-0.2, -0.15) is 4.31 Å². The van der Waals surface area contributed by atoms with Gasteiger partial charge in [0.05, 0.1) is 21.2 Å². The molecule has 1 unspecified atom stereocenters. The minimum Gasteiger partial charge on any atom is -0.292 e. The molecule has 0 N–H and O–H groups in total. The van der Waals surface area contributed by atoms with Crippen LogP contribution in [0.2, 0.25) is 0 Å². The van der Waals surface area contributed by atoms with Gasteiger partial charge in [0.1, 0.15) is 5.01 Å². The molecule has 1 atom stereocenters. The van der Waals surface area contributed by atoms with Crippen LogP contribution in [0.3, 0.4) is 0 Å². The number of nitrogens with zero attached hydrogens (tertiary/aromatic N) is 3. The number of piperazine rings is 1. The second kappa shape index (κ2) is 7.60. The summed E-state index contributed by atoms with van der Waals surface area (Å²) >= 11 is 5.06. The van der Waals surface area contributed by atoms with E-state index in [2.05, 4.69) is 33.8 Å². The van der Waals surface area contributed by atoms with E-state index in [9.17, 15) is 8.42 Å². The first-order valence-electron chi connectivity index (χ1n) is 8.80. The van der Waals surface area contributed by atoms with Crippen LogP contribution in [0.25, 0.3) is 10.2 Å². The Morgan fingerprint density at radius 3 is 2.52 bits per heavy atom. The number of sulfonamides is 1. The molecular weight excluding hydrogens is 446 g/mol. The number of thiazole rings is 1. The van der Waals surface area contributed by atoms with Crippen molar-refractivity contribution in [2.75, 3.05) is 26.2 Å². The van der Waals surface area contributed by atoms with Crippen molar-refractivity contribution in [2.24, 2.45) is 0 Å². The maximum Gasteiger partial charge on any atom is 0.243 e. The molecule has 27 heavy (non-hydrogen) atoms. The van der Waals surface area contributed by atoms with Gasteiger partial charge in [-0.05, 0) is 37.3 Å². The van der Waals surface area contributed by atoms with Crippen molar-refractivity contribution < 1.29 is 8.42 Å². The number of fused-ring (bicyclic) bond motifs is 1. The minimum absolute atomic E-state index is 0.179. The van der Waals surface area contributed by atoms with Crippen molar-refractivity contribution in [3.63, 3.8) is 0 Å². The van der Waals surface area contributed by atoms with Gasteiger partial charge in [-0.1, -0.05) is 34.1 Å². The lowest BCUT2D eigenvalue weighted by Gasteiger charge is -2.36. The first-order valence-corrected chi connectivity index (χ1v) is 11.9. The summed E-state index contributed by atoms with van der Waals surface area (Å²) in [4.78, 5) is 7.40. The lowest BCUT2D eigenvalue weighted by Crippen LogP contribution is -2.49. The molecule has 0 radical (unpaired) electrons. The molecule has 0 aliphatic carbocycles. The number of rotatable bonds is 4. The monoisotopic (exact) mass is 465 g/mol. The molecule has 0 amide bonds. The molecule has 0 spiro atoms. The average molecular weight is 466 g/mol. The van der Waals surface area contributed by atoms with E-state index in [1.807, 2.05) is 24.3 Å². The van der Waals surface area contributed by atoms with Gasteiger partial charge in [-0.3, -0.25) is 4.90 Å². The number of benzene rings is 2. The van der Waals surface area contributed by atoms with Gasteiger partial charge in [0, 0.05) is 30.7 Å². The summed E-state index contributed by atoms with van der Waals surface area (Å²) in [6, 6.07) is 15.2. The first kappa shape index (κ1) is 19.0. The Morgan fingerprint density at radius 1 is 1.07 bits per heavy atom. The Hall–Kier alpha value is -1.32. The predicted octanol–water partition coefficient (Wildman–Crippen LogP) is 4.13. The van der Waals surface area contributed by atoms with Crippen LogP contribution in [0.1, 0.15) is 18.0 Å². The normalized spacial score (nSPS) is 18.0. The Morgan fingerprint density at radius 2 is 1.81 bits per heavy atom. The van der Waals surface area contributed by atoms with Gasteiger partial charge in [0.25, 0.3) is 0 Å². The van der Waals surface area contributed by atoms with Crippen LogP contribution in [0.4, 0.5) is 0 Å². The molecule has 4 rings (SSSR count). The van der Waals surface area contributed by atoms with Gasteiger partial charge >= 0.3 is 0 Å². The summed E-state index contributed by atoms with van der Waals surface area (Å²) in [5.74, 6) is 0. The zero-order chi connectivity index (χ0) is 19.0. The molecule has 2 aromatic carbocycles. The molecule has 2 heterocycles. The summed E-state index contributed by atoms with van der Waals surface area (Å²) < 4.78 is 29.3. The van der Waals surface area contributed by atoms with Gasteiger partial charge in [0.2, 0.25) is 10.0 Å². The van der Waals surface area contributed by atoms with E-state index in [0.29, 0.717) is 31.1 Å². The highest BCUT2D eigenvalue weighted by Gasteiger charge is 2.31. The second-order valence-corrected chi connectivity index (χ2v) is 10.5. The number of hydrogen-bond donors (Lipinski definition) is 0. The van der Waals surface area contributed by atoms with Crippen LogP contribution >= 0.6 is 27.3 Å². The zero-order valence-electron chi connectivity index (χ0n) is 14.9. The summed E-state index contributed by atoms with van der Waals surface area (Å²) in [7, 11) is -3.46. The molecule has 3 aromatic rings. The Bertz CT molecular complexity index is 1030. The van der Waals surface area contributed by atoms with Gasteiger partial charge in [-0.15, -0.1) is 11.3 Å². The fourth-order valence-electron chi connectivity index (χ4n) is 3.33. The molecule has 1 aliphatic heterocycles. The van der Waals surface area contributed by atoms with E-state index in [-0.39, 0.29) is 6.04 Å². The van der Waals surface area contributed by atoms with Crippen molar-refractivity contribution in [1.29, 1.82) is 0 Å².